The van der Waals surface area contributed by atoms with E-state index in [1.807, 2.05) is 85.8 Å². The first-order chi connectivity index (χ1) is 20.4. The summed E-state index contributed by atoms with van der Waals surface area (Å²) in [5, 5.41) is 14.0. The Labute approximate surface area is 251 Å². The summed E-state index contributed by atoms with van der Waals surface area (Å²) in [4.78, 5) is 15.6. The van der Waals surface area contributed by atoms with E-state index in [0.717, 1.165) is 40.0 Å². The molecule has 0 fully saturated rings. The van der Waals surface area contributed by atoms with E-state index in [1.165, 1.54) is 5.57 Å². The Morgan fingerprint density at radius 1 is 1.07 bits per heavy atom. The van der Waals surface area contributed by atoms with Crippen molar-refractivity contribution < 1.29 is 19.1 Å². The summed E-state index contributed by atoms with van der Waals surface area (Å²) in [5.41, 5.74) is 4.89. The van der Waals surface area contributed by atoms with Gasteiger partial charge in [0.25, 0.3) is 0 Å². The van der Waals surface area contributed by atoms with Crippen molar-refractivity contribution in [2.45, 2.75) is 26.8 Å². The van der Waals surface area contributed by atoms with Crippen molar-refractivity contribution in [3.05, 3.63) is 137 Å². The third-order valence-electron chi connectivity index (χ3n) is 6.35. The Hall–Kier alpha value is -4.81. The molecule has 3 aromatic carbocycles. The van der Waals surface area contributed by atoms with Gasteiger partial charge >= 0.3 is 5.97 Å². The minimum absolute atomic E-state index is 0.253. The number of ether oxygens (including phenoxy) is 1. The fraction of sp³-hybridized carbons (Fsp3) is 0.143. The second-order valence-electron chi connectivity index (χ2n) is 9.50. The summed E-state index contributed by atoms with van der Waals surface area (Å²) in [5.74, 6) is 0.583. The van der Waals surface area contributed by atoms with Gasteiger partial charge in [0.1, 0.15) is 23.7 Å². The molecule has 42 heavy (non-hydrogen) atoms. The van der Waals surface area contributed by atoms with Gasteiger partial charge in [0.05, 0.1) is 11.3 Å². The van der Waals surface area contributed by atoms with Crippen LogP contribution >= 0.6 is 11.6 Å². The average Bonchev–Trinajstić information content (AvgIpc) is 3.44. The van der Waals surface area contributed by atoms with Gasteiger partial charge in [-0.25, -0.2) is 4.79 Å². The minimum atomic E-state index is -0.948. The molecule has 214 valence electrons. The fourth-order valence-corrected chi connectivity index (χ4v) is 4.17. The summed E-state index contributed by atoms with van der Waals surface area (Å²) >= 11 is 6.31. The maximum atomic E-state index is 11.1. The molecule has 0 unspecified atom stereocenters. The lowest BCUT2D eigenvalue weighted by atomic mass is 10.1. The Kier molecular flexibility index (Phi) is 11.0. The van der Waals surface area contributed by atoms with Crippen LogP contribution < -0.4 is 10.1 Å². The van der Waals surface area contributed by atoms with E-state index < -0.39 is 5.97 Å². The first-order valence-corrected chi connectivity index (χ1v) is 14.0. The van der Waals surface area contributed by atoms with Gasteiger partial charge in [-0.2, -0.15) is 0 Å². The van der Waals surface area contributed by atoms with Crippen molar-refractivity contribution in [3.63, 3.8) is 0 Å². The number of hydrogen-bond acceptors (Lipinski definition) is 5. The van der Waals surface area contributed by atoms with Gasteiger partial charge in [-0.15, -0.1) is 0 Å². The largest absolute Gasteiger partial charge is 0.488 e. The van der Waals surface area contributed by atoms with Gasteiger partial charge in [0.15, 0.2) is 0 Å². The number of fused-ring (bicyclic) bond motifs is 1. The molecule has 6 nitrogen and oxygen atoms in total. The smallest absolute Gasteiger partial charge is 0.335 e. The predicted octanol–water partition coefficient (Wildman–Crippen LogP) is 8.91. The number of carboxylic acids is 1. The lowest BCUT2D eigenvalue weighted by Crippen LogP contribution is -2.06. The van der Waals surface area contributed by atoms with E-state index in [4.69, 9.17) is 25.9 Å². The predicted molar refractivity (Wildman–Crippen MR) is 171 cm³/mol. The summed E-state index contributed by atoms with van der Waals surface area (Å²) in [6.45, 7) is 4.91. The van der Waals surface area contributed by atoms with Crippen LogP contribution in [-0.4, -0.2) is 23.9 Å². The van der Waals surface area contributed by atoms with Crippen molar-refractivity contribution in [2.75, 3.05) is 6.61 Å². The van der Waals surface area contributed by atoms with Crippen LogP contribution in [0.1, 0.15) is 36.2 Å². The van der Waals surface area contributed by atoms with Gasteiger partial charge in [-0.1, -0.05) is 60.5 Å². The maximum absolute atomic E-state index is 11.1. The molecule has 0 amide bonds. The molecule has 0 aliphatic heterocycles. The van der Waals surface area contributed by atoms with Gasteiger partial charge in [0, 0.05) is 34.9 Å². The van der Waals surface area contributed by atoms with Gasteiger partial charge in [-0.3, -0.25) is 4.99 Å². The summed E-state index contributed by atoms with van der Waals surface area (Å²) in [7, 11) is 0. The molecule has 0 radical (unpaired) electrons. The van der Waals surface area contributed by atoms with E-state index in [1.54, 1.807) is 36.7 Å². The van der Waals surface area contributed by atoms with Crippen LogP contribution in [0, 0.1) is 0 Å². The number of allylic oxidation sites excluding steroid dienone is 6. The zero-order chi connectivity index (χ0) is 29.7. The summed E-state index contributed by atoms with van der Waals surface area (Å²) < 4.78 is 11.8. The molecule has 2 N–H and O–H groups in total. The Morgan fingerprint density at radius 2 is 1.83 bits per heavy atom. The highest BCUT2D eigenvalue weighted by molar-refractivity contribution is 6.31. The number of carboxylic acid groups (broad SMARTS) is 1. The van der Waals surface area contributed by atoms with Crippen LogP contribution in [-0.2, 0) is 6.54 Å². The molecule has 0 atom stereocenters. The molecular weight excluding hydrogens is 548 g/mol. The van der Waals surface area contributed by atoms with Crippen LogP contribution in [0.15, 0.2) is 135 Å². The van der Waals surface area contributed by atoms with E-state index in [0.29, 0.717) is 17.3 Å². The Morgan fingerprint density at radius 3 is 2.55 bits per heavy atom. The van der Waals surface area contributed by atoms with Gasteiger partial charge < -0.3 is 19.6 Å². The van der Waals surface area contributed by atoms with Crippen LogP contribution in [0.5, 0.6) is 5.75 Å². The number of aromatic carboxylic acids is 1. The molecule has 1 heterocycles. The fourth-order valence-electron chi connectivity index (χ4n) is 3.91. The number of benzene rings is 3. The van der Waals surface area contributed by atoms with Crippen molar-refractivity contribution in [1.29, 1.82) is 0 Å². The highest BCUT2D eigenvalue weighted by Gasteiger charge is 2.06. The average molecular weight is 581 g/mol. The molecule has 0 saturated carbocycles. The van der Waals surface area contributed by atoms with E-state index in [-0.39, 0.29) is 12.2 Å². The molecule has 0 spiro atoms. The summed E-state index contributed by atoms with van der Waals surface area (Å²) in [6, 6.07) is 24.4. The van der Waals surface area contributed by atoms with Gasteiger partial charge in [0.2, 0.25) is 0 Å². The SMILES string of the molecule is CC/C(C)=C/C(Cl)=C\C=C\C(=C\NCc1ccc(C(=O)O)cc1)N=CCOc1ccc(-c2cc3ccccc3o2)cc1. The van der Waals surface area contributed by atoms with E-state index >= 15 is 0 Å². The number of aliphatic imine (C=N–C) groups is 1. The third kappa shape index (κ3) is 9.11. The van der Waals surface area contributed by atoms with Crippen LogP contribution in [0.25, 0.3) is 22.3 Å². The Balaban J connectivity index is 1.38. The summed E-state index contributed by atoms with van der Waals surface area (Å²) in [6.07, 6.45) is 11.8. The molecule has 0 aliphatic carbocycles. The van der Waals surface area contributed by atoms with Crippen LogP contribution in [0.2, 0.25) is 0 Å². The molecule has 4 rings (SSSR count). The van der Waals surface area contributed by atoms with Crippen LogP contribution in [0.4, 0.5) is 0 Å². The normalized spacial score (nSPS) is 12.9. The molecule has 0 saturated heterocycles. The number of furan rings is 1. The molecule has 0 aliphatic rings. The number of nitrogens with zero attached hydrogens (tertiary/aromatic N) is 1. The molecule has 4 aromatic rings. The first-order valence-electron chi connectivity index (χ1n) is 13.6. The quantitative estimate of drug-likeness (QED) is 0.122. The maximum Gasteiger partial charge on any atom is 0.335 e. The topological polar surface area (TPSA) is 84.1 Å². The van der Waals surface area contributed by atoms with Gasteiger partial charge in [-0.05, 0) is 85.7 Å². The van der Waals surface area contributed by atoms with Crippen molar-refractivity contribution in [2.24, 2.45) is 4.99 Å². The van der Waals surface area contributed by atoms with Crippen molar-refractivity contribution >= 4 is 34.8 Å². The highest BCUT2D eigenvalue weighted by Crippen LogP contribution is 2.28. The van der Waals surface area contributed by atoms with Crippen molar-refractivity contribution in [3.8, 4) is 17.1 Å². The second-order valence-corrected chi connectivity index (χ2v) is 9.94. The third-order valence-corrected chi connectivity index (χ3v) is 6.59. The number of rotatable bonds is 13. The number of nitrogens with one attached hydrogen (secondary N) is 1. The molecule has 7 heteroatoms. The second kappa shape index (κ2) is 15.3. The standard InChI is InChI=1S/C35H33ClN2O4/c1-3-25(2)21-30(36)8-6-9-31(24-37-23-26-11-13-28(14-12-26)35(39)40)38-19-20-41-32-17-15-27(16-18-32)34-22-29-7-4-5-10-33(29)42-34/h4-19,21-22,24,37H,3,20,23H2,1-2H3,(H,39,40)/b9-6+,25-21+,30-8+,31-24-,38-19?. The van der Waals surface area contributed by atoms with Crippen molar-refractivity contribution in [1.82, 2.24) is 5.32 Å². The minimum Gasteiger partial charge on any atom is -0.488 e. The zero-order valence-corrected chi connectivity index (χ0v) is 24.3. The Bertz CT molecular complexity index is 1610. The zero-order valence-electron chi connectivity index (χ0n) is 23.6. The number of hydrogen-bond donors (Lipinski definition) is 2. The van der Waals surface area contributed by atoms with Crippen LogP contribution in [0.3, 0.4) is 0 Å². The highest BCUT2D eigenvalue weighted by atomic mass is 35.5. The molecular formula is C35H33ClN2O4. The number of halogens is 1. The monoisotopic (exact) mass is 580 g/mol. The van der Waals surface area contributed by atoms with E-state index in [9.17, 15) is 4.79 Å². The number of carbonyl (C=O) groups is 1. The lowest BCUT2D eigenvalue weighted by molar-refractivity contribution is 0.0697. The molecule has 0 bridgehead atoms. The first kappa shape index (κ1) is 30.2. The van der Waals surface area contributed by atoms with E-state index in [2.05, 4.69) is 17.2 Å². The molecule has 1 aromatic heterocycles. The number of para-hydroxylation sites is 1. The lowest BCUT2D eigenvalue weighted by Gasteiger charge is -2.05.